The van der Waals surface area contributed by atoms with Gasteiger partial charge in [0, 0.05) is 29.5 Å². The van der Waals surface area contributed by atoms with Gasteiger partial charge in [-0.05, 0) is 53.9 Å². The summed E-state index contributed by atoms with van der Waals surface area (Å²) in [6.45, 7) is 2.72. The van der Waals surface area contributed by atoms with E-state index >= 15 is 0 Å². The Morgan fingerprint density at radius 2 is 1.82 bits per heavy atom. The Labute approximate surface area is 197 Å². The molecule has 1 amide bonds. The number of aliphatic hydroxyl groups is 1. The van der Waals surface area contributed by atoms with E-state index in [0.717, 1.165) is 12.0 Å². The summed E-state index contributed by atoms with van der Waals surface area (Å²) >= 11 is 6.07. The monoisotopic (exact) mass is 462 g/mol. The largest absolute Gasteiger partial charge is 0.507 e. The summed E-state index contributed by atoms with van der Waals surface area (Å²) in [5.74, 6) is -1.07. The Morgan fingerprint density at radius 1 is 1.09 bits per heavy atom. The van der Waals surface area contributed by atoms with Crippen LogP contribution in [0.4, 0.5) is 0 Å². The van der Waals surface area contributed by atoms with Gasteiger partial charge < -0.3 is 14.7 Å². The highest BCUT2D eigenvalue weighted by Gasteiger charge is 2.46. The molecule has 1 unspecified atom stereocenters. The van der Waals surface area contributed by atoms with Gasteiger partial charge in [-0.15, -0.1) is 0 Å². The van der Waals surface area contributed by atoms with E-state index in [2.05, 4.69) is 4.98 Å². The van der Waals surface area contributed by atoms with E-state index in [-0.39, 0.29) is 17.9 Å². The predicted octanol–water partition coefficient (Wildman–Crippen LogP) is 5.15. The standard InChI is InChI=1S/C26H23ClN2O4/c1-2-14-33-21-5-3-4-19(15-21)24(30)22-23(18-6-8-20(27)9-7-18)29(26(32)25(22)31)16-17-10-12-28-13-11-17/h3-13,15,23,30H,2,14,16H2,1H3/b24-22-. The molecule has 4 rings (SSSR count). The van der Waals surface area contributed by atoms with E-state index in [1.54, 1.807) is 73.1 Å². The van der Waals surface area contributed by atoms with Gasteiger partial charge >= 0.3 is 0 Å². The number of nitrogens with zero attached hydrogens (tertiary/aromatic N) is 2. The van der Waals surface area contributed by atoms with E-state index in [9.17, 15) is 14.7 Å². The van der Waals surface area contributed by atoms with Crippen LogP contribution in [-0.4, -0.2) is 33.3 Å². The number of aliphatic hydroxyl groups excluding tert-OH is 1. The molecule has 1 N–H and O–H groups in total. The number of hydrogen-bond donors (Lipinski definition) is 1. The number of halogens is 1. The van der Waals surface area contributed by atoms with Crippen molar-refractivity contribution in [1.29, 1.82) is 0 Å². The average Bonchev–Trinajstić information content (AvgIpc) is 3.08. The van der Waals surface area contributed by atoms with Gasteiger partial charge in [0.2, 0.25) is 0 Å². The number of benzene rings is 2. The van der Waals surface area contributed by atoms with Crippen LogP contribution in [0.1, 0.15) is 36.1 Å². The Bertz CT molecular complexity index is 1190. The van der Waals surface area contributed by atoms with Crippen molar-refractivity contribution in [3.05, 3.63) is 100 Å². The Hall–Kier alpha value is -3.64. The maximum atomic E-state index is 13.1. The van der Waals surface area contributed by atoms with Gasteiger partial charge in [-0.3, -0.25) is 14.6 Å². The van der Waals surface area contributed by atoms with Crippen molar-refractivity contribution in [3.63, 3.8) is 0 Å². The Balaban J connectivity index is 1.81. The molecule has 1 fully saturated rings. The number of carbonyl (C=O) groups excluding carboxylic acids is 2. The van der Waals surface area contributed by atoms with Crippen molar-refractivity contribution >= 4 is 29.1 Å². The number of pyridine rings is 1. The summed E-state index contributed by atoms with van der Waals surface area (Å²) in [7, 11) is 0. The quantitative estimate of drug-likeness (QED) is 0.298. The number of amides is 1. The number of hydrogen-bond acceptors (Lipinski definition) is 5. The van der Waals surface area contributed by atoms with E-state index < -0.39 is 17.7 Å². The third kappa shape index (κ3) is 4.76. The zero-order chi connectivity index (χ0) is 23.4. The second-order valence-corrected chi connectivity index (χ2v) is 8.15. The third-order valence-electron chi connectivity index (χ3n) is 5.41. The lowest BCUT2D eigenvalue weighted by Gasteiger charge is -2.25. The van der Waals surface area contributed by atoms with Crippen LogP contribution >= 0.6 is 11.6 Å². The van der Waals surface area contributed by atoms with Crippen molar-refractivity contribution in [1.82, 2.24) is 9.88 Å². The predicted molar refractivity (Wildman–Crippen MR) is 126 cm³/mol. The van der Waals surface area contributed by atoms with Crippen LogP contribution in [0, 0.1) is 0 Å². The summed E-state index contributed by atoms with van der Waals surface area (Å²) in [4.78, 5) is 31.7. The van der Waals surface area contributed by atoms with Crippen LogP contribution in [0.15, 0.2) is 78.6 Å². The molecule has 0 aliphatic carbocycles. The normalized spacial score (nSPS) is 17.4. The molecule has 0 bridgehead atoms. The van der Waals surface area contributed by atoms with Crippen molar-refractivity contribution < 1.29 is 19.4 Å². The van der Waals surface area contributed by atoms with Gasteiger partial charge in [0.15, 0.2) is 0 Å². The SMILES string of the molecule is CCCOc1cccc(/C(O)=C2/C(=O)C(=O)N(Cc3ccncc3)C2c2ccc(Cl)cc2)c1. The minimum Gasteiger partial charge on any atom is -0.507 e. The summed E-state index contributed by atoms with van der Waals surface area (Å²) in [6.07, 6.45) is 4.10. The second-order valence-electron chi connectivity index (χ2n) is 7.71. The molecule has 0 spiro atoms. The minimum absolute atomic E-state index is 0.0315. The van der Waals surface area contributed by atoms with Gasteiger partial charge in [0.05, 0.1) is 18.2 Å². The molecule has 168 valence electrons. The molecule has 0 radical (unpaired) electrons. The second kappa shape index (κ2) is 9.88. The van der Waals surface area contributed by atoms with Crippen molar-refractivity contribution in [2.45, 2.75) is 25.9 Å². The molecule has 7 heteroatoms. The van der Waals surface area contributed by atoms with Crippen molar-refractivity contribution in [2.24, 2.45) is 0 Å². The lowest BCUT2D eigenvalue weighted by Crippen LogP contribution is -2.29. The fraction of sp³-hybridized carbons (Fsp3) is 0.192. The van der Waals surface area contributed by atoms with Crippen molar-refractivity contribution in [3.8, 4) is 5.75 Å². The minimum atomic E-state index is -0.768. The lowest BCUT2D eigenvalue weighted by molar-refractivity contribution is -0.140. The first-order chi connectivity index (χ1) is 16.0. The van der Waals surface area contributed by atoms with Crippen LogP contribution in [0.5, 0.6) is 5.75 Å². The molecule has 6 nitrogen and oxygen atoms in total. The molecule has 2 aromatic carbocycles. The molecule has 0 saturated carbocycles. The van der Waals surface area contributed by atoms with Crippen LogP contribution < -0.4 is 4.74 Å². The maximum absolute atomic E-state index is 13.1. The fourth-order valence-electron chi connectivity index (χ4n) is 3.83. The van der Waals surface area contributed by atoms with E-state index in [4.69, 9.17) is 16.3 Å². The highest BCUT2D eigenvalue weighted by molar-refractivity contribution is 6.46. The number of carbonyl (C=O) groups is 2. The van der Waals surface area contributed by atoms with E-state index in [1.165, 1.54) is 4.90 Å². The summed E-state index contributed by atoms with van der Waals surface area (Å²) in [5, 5.41) is 11.7. The maximum Gasteiger partial charge on any atom is 0.295 e. The number of ether oxygens (including phenoxy) is 1. The zero-order valence-corrected chi connectivity index (χ0v) is 18.8. The third-order valence-corrected chi connectivity index (χ3v) is 5.66. The topological polar surface area (TPSA) is 79.7 Å². The van der Waals surface area contributed by atoms with Gasteiger partial charge in [-0.1, -0.05) is 42.8 Å². The Kier molecular flexibility index (Phi) is 6.75. The van der Waals surface area contributed by atoms with Crippen LogP contribution in [0.25, 0.3) is 5.76 Å². The van der Waals surface area contributed by atoms with Crippen LogP contribution in [0.3, 0.4) is 0 Å². The highest BCUT2D eigenvalue weighted by atomic mass is 35.5. The average molecular weight is 463 g/mol. The van der Waals surface area contributed by atoms with Gasteiger partial charge in [0.25, 0.3) is 11.7 Å². The first kappa shape index (κ1) is 22.6. The van der Waals surface area contributed by atoms with Crippen molar-refractivity contribution in [2.75, 3.05) is 6.61 Å². The number of rotatable bonds is 7. The zero-order valence-electron chi connectivity index (χ0n) is 18.1. The summed E-state index contributed by atoms with van der Waals surface area (Å²) in [5.41, 5.74) is 1.93. The lowest BCUT2D eigenvalue weighted by atomic mass is 9.95. The van der Waals surface area contributed by atoms with E-state index in [0.29, 0.717) is 28.5 Å². The Morgan fingerprint density at radius 3 is 2.52 bits per heavy atom. The first-order valence-corrected chi connectivity index (χ1v) is 11.0. The number of ketones is 1. The summed E-state index contributed by atoms with van der Waals surface area (Å²) in [6, 6.07) is 16.6. The summed E-state index contributed by atoms with van der Waals surface area (Å²) < 4.78 is 5.66. The van der Waals surface area contributed by atoms with Gasteiger partial charge in [0.1, 0.15) is 11.5 Å². The molecular formula is C26H23ClN2O4. The number of likely N-dealkylation sites (tertiary alicyclic amines) is 1. The molecule has 1 aliphatic rings. The molecule has 1 atom stereocenters. The van der Waals surface area contributed by atoms with Crippen LogP contribution in [-0.2, 0) is 16.1 Å². The van der Waals surface area contributed by atoms with Gasteiger partial charge in [-0.2, -0.15) is 0 Å². The fourth-order valence-corrected chi connectivity index (χ4v) is 3.95. The highest BCUT2D eigenvalue weighted by Crippen LogP contribution is 2.40. The molecule has 2 heterocycles. The van der Waals surface area contributed by atoms with E-state index in [1.807, 2.05) is 6.92 Å². The molecule has 3 aromatic rings. The smallest absolute Gasteiger partial charge is 0.295 e. The molecule has 33 heavy (non-hydrogen) atoms. The first-order valence-electron chi connectivity index (χ1n) is 10.7. The van der Waals surface area contributed by atoms with Gasteiger partial charge in [-0.25, -0.2) is 0 Å². The van der Waals surface area contributed by atoms with Crippen LogP contribution in [0.2, 0.25) is 5.02 Å². The molecule has 1 aromatic heterocycles. The molecule has 1 aliphatic heterocycles. The number of aromatic nitrogens is 1. The molecular weight excluding hydrogens is 440 g/mol. The number of Topliss-reactive ketones (excluding diaryl/α,β-unsaturated/α-hetero) is 1. The molecule has 1 saturated heterocycles.